The minimum absolute atomic E-state index is 0.598. The molecular weight excluding hydrogens is 532 g/mol. The summed E-state index contributed by atoms with van der Waals surface area (Å²) in [6.45, 7) is 9.33. The Labute approximate surface area is 278 Å². The van der Waals surface area contributed by atoms with Crippen molar-refractivity contribution < 1.29 is 4.57 Å². The van der Waals surface area contributed by atoms with Crippen LogP contribution in [0.3, 0.4) is 0 Å². The topological polar surface area (TPSA) is 19.7 Å². The first-order valence-corrected chi connectivity index (χ1v) is 20.8. The Bertz CT molecular complexity index is 645. The monoisotopic (exact) mass is 616 g/mol. The Morgan fingerprint density at radius 1 is 0.455 bits per heavy atom. The summed E-state index contributed by atoms with van der Waals surface area (Å²) in [6, 6.07) is 0.598. The summed E-state index contributed by atoms with van der Waals surface area (Å²) in [6.07, 6.45) is 51.9. The summed E-state index contributed by atoms with van der Waals surface area (Å²) >= 11 is 0. The third kappa shape index (κ3) is 23.5. The zero-order valence-corrected chi connectivity index (χ0v) is 31.1. The Kier molecular flexibility index (Phi) is 30.1. The molecule has 1 aromatic rings. The van der Waals surface area contributed by atoms with Crippen LogP contribution in [0.4, 0.5) is 0 Å². The van der Waals surface area contributed by atoms with Gasteiger partial charge < -0.3 is 0 Å². The zero-order chi connectivity index (χ0) is 31.8. The number of nitrogens with one attached hydrogen (secondary N) is 1. The van der Waals surface area contributed by atoms with E-state index in [1.54, 1.807) is 0 Å². The predicted molar refractivity (Wildman–Crippen MR) is 198 cm³/mol. The largest absolute Gasteiger partial charge is 0.257 e. The van der Waals surface area contributed by atoms with Crippen molar-refractivity contribution >= 4 is 0 Å². The molecule has 0 aliphatic rings. The molecule has 0 saturated carbocycles. The van der Waals surface area contributed by atoms with Crippen molar-refractivity contribution in [2.75, 3.05) is 0 Å². The van der Waals surface area contributed by atoms with E-state index in [1.165, 1.54) is 218 Å². The first-order chi connectivity index (χ1) is 21.7. The van der Waals surface area contributed by atoms with Gasteiger partial charge in [-0.25, -0.2) is 9.55 Å². The van der Waals surface area contributed by atoms with Crippen LogP contribution in [0, 0.1) is 0 Å². The molecule has 44 heavy (non-hydrogen) atoms. The molecule has 1 rings (SSSR count). The summed E-state index contributed by atoms with van der Waals surface area (Å²) in [4.78, 5) is 3.69. The Morgan fingerprint density at radius 2 is 0.750 bits per heavy atom. The summed E-state index contributed by atoms with van der Waals surface area (Å²) in [7, 11) is 0. The maximum Gasteiger partial charge on any atom is 0.257 e. The average molecular weight is 616 g/mol. The average Bonchev–Trinajstić information content (AvgIpc) is 3.53. The summed E-state index contributed by atoms with van der Waals surface area (Å²) < 4.78 is 2.56. The lowest BCUT2D eigenvalue weighted by atomic mass is 9.93. The van der Waals surface area contributed by atoms with Gasteiger partial charge in [-0.15, -0.1) is 0 Å². The molecule has 0 aliphatic heterocycles. The van der Waals surface area contributed by atoms with Crippen LogP contribution in [0.15, 0.2) is 12.4 Å². The molecule has 1 aromatic heterocycles. The summed E-state index contributed by atoms with van der Waals surface area (Å²) in [5.41, 5.74) is 0. The van der Waals surface area contributed by atoms with Crippen molar-refractivity contribution in [3.63, 3.8) is 0 Å². The van der Waals surface area contributed by atoms with Crippen LogP contribution in [-0.2, 0) is 0 Å². The molecule has 1 atom stereocenters. The quantitative estimate of drug-likeness (QED) is 0.0579. The second kappa shape index (κ2) is 32.2. The van der Waals surface area contributed by atoms with E-state index < -0.39 is 0 Å². The highest BCUT2D eigenvalue weighted by molar-refractivity contribution is 4.90. The highest BCUT2D eigenvalue weighted by Gasteiger charge is 2.24. The molecule has 1 unspecified atom stereocenters. The molecule has 0 spiro atoms. The number of hydrogen-bond donors (Lipinski definition) is 1. The minimum Gasteiger partial charge on any atom is -0.247 e. The van der Waals surface area contributed by atoms with E-state index in [-0.39, 0.29) is 0 Å². The van der Waals surface area contributed by atoms with Gasteiger partial charge in [0.15, 0.2) is 0 Å². The number of unbranched alkanes of at least 4 members (excludes halogenated alkanes) is 28. The van der Waals surface area contributed by atoms with Crippen LogP contribution in [0.1, 0.15) is 257 Å². The lowest BCUT2D eigenvalue weighted by molar-refractivity contribution is -0.726. The van der Waals surface area contributed by atoms with Gasteiger partial charge in [-0.1, -0.05) is 213 Å². The molecule has 1 N–H and O–H groups in total. The fraction of sp³-hybridized carbons (Fsp3) is 0.929. The van der Waals surface area contributed by atoms with Crippen molar-refractivity contribution in [3.8, 4) is 0 Å². The molecule has 0 aromatic carbocycles. The third-order valence-electron chi connectivity index (χ3n) is 10.5. The number of aromatic nitrogens is 2. The van der Waals surface area contributed by atoms with Gasteiger partial charge >= 0.3 is 0 Å². The maximum atomic E-state index is 3.69. The number of hydrogen-bond acceptors (Lipinski definition) is 0. The molecule has 0 amide bonds. The number of nitrogens with zero attached hydrogens (tertiary/aromatic N) is 1. The van der Waals surface area contributed by atoms with E-state index in [0.717, 1.165) is 0 Å². The Morgan fingerprint density at radius 3 is 1.05 bits per heavy atom. The highest BCUT2D eigenvalue weighted by Crippen LogP contribution is 2.27. The van der Waals surface area contributed by atoms with E-state index in [0.29, 0.717) is 12.0 Å². The van der Waals surface area contributed by atoms with E-state index in [2.05, 4.69) is 49.6 Å². The van der Waals surface area contributed by atoms with Crippen LogP contribution in [0.5, 0.6) is 0 Å². The normalized spacial score (nSPS) is 12.5. The van der Waals surface area contributed by atoms with Gasteiger partial charge in [0.25, 0.3) is 5.82 Å². The zero-order valence-electron chi connectivity index (χ0n) is 31.1. The van der Waals surface area contributed by atoms with Crippen LogP contribution in [0.25, 0.3) is 0 Å². The van der Waals surface area contributed by atoms with Crippen LogP contribution >= 0.6 is 0 Å². The van der Waals surface area contributed by atoms with Gasteiger partial charge in [0, 0.05) is 0 Å². The molecule has 2 nitrogen and oxygen atoms in total. The van der Waals surface area contributed by atoms with E-state index >= 15 is 0 Å². The number of rotatable bonds is 35. The Balaban J connectivity index is 2.14. The lowest BCUT2D eigenvalue weighted by Crippen LogP contribution is -2.40. The van der Waals surface area contributed by atoms with Crippen molar-refractivity contribution in [3.05, 3.63) is 18.2 Å². The standard InChI is InChI=1S/C42H82N2/c1-5-8-10-12-14-16-18-20-22-24-26-28-30-32-34-36-41(42-43-38-39-44(42)40(4)7-3)37-35-33-31-29-27-25-23-21-19-17-15-13-11-9-6-2/h38-41H,5-37H2,1-4H3/p+1. The molecule has 0 bridgehead atoms. The van der Waals surface area contributed by atoms with Gasteiger partial charge in [-0.2, -0.15) is 0 Å². The van der Waals surface area contributed by atoms with Gasteiger partial charge in [0.2, 0.25) is 0 Å². The highest BCUT2D eigenvalue weighted by atomic mass is 15.1. The minimum atomic E-state index is 0.598. The molecule has 2 heteroatoms. The third-order valence-corrected chi connectivity index (χ3v) is 10.5. The van der Waals surface area contributed by atoms with Crippen molar-refractivity contribution in [1.82, 2.24) is 4.98 Å². The number of H-pyrrole nitrogens is 1. The fourth-order valence-electron chi connectivity index (χ4n) is 7.21. The maximum absolute atomic E-state index is 3.69. The van der Waals surface area contributed by atoms with Gasteiger partial charge in [-0.05, 0) is 26.2 Å². The van der Waals surface area contributed by atoms with Crippen molar-refractivity contribution in [2.45, 2.75) is 252 Å². The van der Waals surface area contributed by atoms with Crippen LogP contribution < -0.4 is 4.57 Å². The van der Waals surface area contributed by atoms with Crippen molar-refractivity contribution in [2.24, 2.45) is 0 Å². The van der Waals surface area contributed by atoms with E-state index in [1.807, 2.05) is 0 Å². The first-order valence-electron chi connectivity index (χ1n) is 20.8. The fourth-order valence-corrected chi connectivity index (χ4v) is 7.21. The summed E-state index contributed by atoms with van der Waals surface area (Å²) in [5.74, 6) is 2.22. The molecule has 0 saturated heterocycles. The molecule has 1 heterocycles. The second-order valence-corrected chi connectivity index (χ2v) is 14.7. The van der Waals surface area contributed by atoms with Crippen LogP contribution in [0.2, 0.25) is 0 Å². The predicted octanol–water partition coefficient (Wildman–Crippen LogP) is 14.9. The number of aromatic amines is 1. The molecule has 0 aliphatic carbocycles. The lowest BCUT2D eigenvalue weighted by Gasteiger charge is -2.16. The molecule has 0 fully saturated rings. The number of imidazole rings is 1. The summed E-state index contributed by atoms with van der Waals surface area (Å²) in [5, 5.41) is 0. The van der Waals surface area contributed by atoms with Gasteiger partial charge in [-0.3, -0.25) is 0 Å². The molecule has 260 valence electrons. The SMILES string of the molecule is CCCCCCCCCCCCCCCCCC(CCCCCCCCCCCCCCCCC)c1[nH]cc[n+]1C(C)CC. The van der Waals surface area contributed by atoms with Crippen molar-refractivity contribution in [1.29, 1.82) is 0 Å². The molecule has 0 radical (unpaired) electrons. The van der Waals surface area contributed by atoms with Gasteiger partial charge in [0.05, 0.1) is 12.0 Å². The molecular formula is C42H83N2+. The second-order valence-electron chi connectivity index (χ2n) is 14.7. The smallest absolute Gasteiger partial charge is 0.247 e. The first kappa shape index (κ1) is 41.2. The van der Waals surface area contributed by atoms with Gasteiger partial charge in [0.1, 0.15) is 12.4 Å². The van der Waals surface area contributed by atoms with E-state index in [9.17, 15) is 0 Å². The van der Waals surface area contributed by atoms with Crippen LogP contribution in [-0.4, -0.2) is 4.98 Å². The van der Waals surface area contributed by atoms with E-state index in [4.69, 9.17) is 0 Å². The Hall–Kier alpha value is -0.790.